The number of nitrogens with two attached hydrogens (primary N) is 1. The van der Waals surface area contributed by atoms with Gasteiger partial charge in [0.1, 0.15) is 13.2 Å². The van der Waals surface area contributed by atoms with E-state index in [-0.39, 0.29) is 42.5 Å². The molecule has 0 radical (unpaired) electrons. The Hall–Kier alpha value is -7.18. The van der Waals surface area contributed by atoms with Crippen LogP contribution in [0.2, 0.25) is 0 Å². The fraction of sp³-hybridized carbons (Fsp3) is 0.174. The number of benzene rings is 4. The van der Waals surface area contributed by atoms with Crippen molar-refractivity contribution in [3.8, 4) is 22.3 Å². The normalized spacial score (nSPS) is 11.8. The lowest BCUT2D eigenvalue weighted by Crippen LogP contribution is -2.26. The molecule has 0 spiro atoms. The minimum atomic E-state index is -1.04. The van der Waals surface area contributed by atoms with E-state index in [0.29, 0.717) is 24.4 Å². The highest BCUT2D eigenvalue weighted by molar-refractivity contribution is 5.89. The van der Waals surface area contributed by atoms with E-state index in [4.69, 9.17) is 20.3 Å². The van der Waals surface area contributed by atoms with Gasteiger partial charge in [-0.3, -0.25) is 14.8 Å². The van der Waals surface area contributed by atoms with Crippen molar-refractivity contribution in [1.29, 1.82) is 0 Å². The van der Waals surface area contributed by atoms with Gasteiger partial charge in [-0.2, -0.15) is 0 Å². The Kier molecular flexibility index (Phi) is 13.3. The predicted octanol–water partition coefficient (Wildman–Crippen LogP) is 7.51. The molecule has 8 rings (SSSR count). The largest absolute Gasteiger partial charge is 0.478 e. The van der Waals surface area contributed by atoms with Gasteiger partial charge in [-0.1, -0.05) is 97.1 Å². The van der Waals surface area contributed by atoms with Gasteiger partial charge in [0.2, 0.25) is 0 Å². The molecule has 4 aromatic carbocycles. The number of amides is 1. The second-order valence-electron chi connectivity index (χ2n) is 13.3. The van der Waals surface area contributed by atoms with Crippen molar-refractivity contribution in [2.45, 2.75) is 31.8 Å². The summed E-state index contributed by atoms with van der Waals surface area (Å²) in [5.74, 6) is -1.47. The Morgan fingerprint density at radius 1 is 0.621 bits per heavy atom. The average Bonchev–Trinajstić information content (AvgIpc) is 3.76. The van der Waals surface area contributed by atoms with Crippen LogP contribution in [0.5, 0.6) is 0 Å². The molecular formula is C46H42N4O8. The van der Waals surface area contributed by atoms with Gasteiger partial charge < -0.3 is 30.4 Å². The summed E-state index contributed by atoms with van der Waals surface area (Å²) in [6.45, 7) is 2.65. The van der Waals surface area contributed by atoms with Gasteiger partial charge in [-0.05, 0) is 68.8 Å². The summed E-state index contributed by atoms with van der Waals surface area (Å²) in [6, 6.07) is 39.3. The molecule has 2 aromatic heterocycles. The third-order valence-electron chi connectivity index (χ3n) is 9.70. The monoisotopic (exact) mass is 778 g/mol. The Morgan fingerprint density at radius 2 is 1.05 bits per heavy atom. The lowest BCUT2D eigenvalue weighted by atomic mass is 9.98. The van der Waals surface area contributed by atoms with Crippen molar-refractivity contribution in [2.75, 3.05) is 20.3 Å². The summed E-state index contributed by atoms with van der Waals surface area (Å²) in [5.41, 5.74) is 16.8. The van der Waals surface area contributed by atoms with Crippen LogP contribution in [0.4, 0.5) is 4.79 Å². The number of carboxylic acids is 1. The molecule has 12 nitrogen and oxygen atoms in total. The number of aromatic nitrogens is 2. The molecule has 6 aromatic rings. The van der Waals surface area contributed by atoms with Crippen LogP contribution in [0.3, 0.4) is 0 Å². The molecule has 0 saturated heterocycles. The van der Waals surface area contributed by atoms with Crippen molar-refractivity contribution < 1.29 is 38.5 Å². The number of nitrogens with one attached hydrogen (secondary N) is 1. The first-order chi connectivity index (χ1) is 28.2. The van der Waals surface area contributed by atoms with E-state index in [1.807, 2.05) is 48.5 Å². The number of nitrogens with zero attached hydrogens (tertiary/aromatic N) is 2. The summed E-state index contributed by atoms with van der Waals surface area (Å²) in [6.07, 6.45) is 2.18. The van der Waals surface area contributed by atoms with E-state index >= 15 is 0 Å². The molecule has 0 unspecified atom stereocenters. The van der Waals surface area contributed by atoms with Crippen molar-refractivity contribution in [1.82, 2.24) is 15.3 Å². The number of carbonyl (C=O) groups excluding carboxylic acids is 3. The first-order valence-corrected chi connectivity index (χ1v) is 18.5. The summed E-state index contributed by atoms with van der Waals surface area (Å²) >= 11 is 0. The average molecular weight is 779 g/mol. The highest BCUT2D eigenvalue weighted by Crippen LogP contribution is 2.45. The molecule has 0 bridgehead atoms. The Balaban J connectivity index is 0.000000161. The van der Waals surface area contributed by atoms with Crippen molar-refractivity contribution >= 4 is 24.0 Å². The predicted molar refractivity (Wildman–Crippen MR) is 217 cm³/mol. The zero-order valence-corrected chi connectivity index (χ0v) is 32.0. The van der Waals surface area contributed by atoms with E-state index < -0.39 is 12.1 Å². The van der Waals surface area contributed by atoms with Gasteiger partial charge in [0, 0.05) is 37.7 Å². The molecule has 4 N–H and O–H groups in total. The van der Waals surface area contributed by atoms with Crippen LogP contribution >= 0.6 is 0 Å². The second kappa shape index (κ2) is 19.1. The maximum absolute atomic E-state index is 12.1. The zero-order valence-electron chi connectivity index (χ0n) is 32.0. The lowest BCUT2D eigenvalue weighted by Gasteiger charge is -2.14. The molecule has 2 aliphatic rings. The summed E-state index contributed by atoms with van der Waals surface area (Å²) in [7, 11) is 1.33. The number of carboxylic acid groups (broad SMARTS) is 1. The number of carbonyl (C=O) groups is 4. The van der Waals surface area contributed by atoms with Crippen LogP contribution < -0.4 is 11.1 Å². The van der Waals surface area contributed by atoms with Crippen LogP contribution in [0, 0.1) is 0 Å². The molecule has 294 valence electrons. The van der Waals surface area contributed by atoms with Gasteiger partial charge in [0.05, 0.1) is 36.2 Å². The lowest BCUT2D eigenvalue weighted by molar-refractivity contribution is -0.141. The third kappa shape index (κ3) is 9.60. The Labute approximate surface area is 335 Å². The van der Waals surface area contributed by atoms with E-state index in [2.05, 4.69) is 68.6 Å². The molecule has 0 fully saturated rings. The van der Waals surface area contributed by atoms with Gasteiger partial charge in [-0.15, -0.1) is 0 Å². The number of hydrogen-bond donors (Lipinski definition) is 3. The van der Waals surface area contributed by atoms with E-state index in [1.54, 1.807) is 18.2 Å². The standard InChI is InChI=1S/C22H18N2O4.C16H14O2.C8H10N2O2/c25-21(26)14-9-10-15(23-11-14)12-24-22(27)28-13-20-18-7-3-1-5-16(18)17-6-2-4-8-19(17)20;1-11(17)18-10-16-14-8-4-2-6-12(14)13-7-3-5-9-15(13)16;1-12-8(11)6-2-3-7(4-9)10-5-6/h1-11,20H,12-13H2,(H,24,27)(H,25,26);2-9,16H,10H2,1H3;2-3,5H,4,9H2,1H3. The number of hydrogen-bond acceptors (Lipinski definition) is 10. The summed E-state index contributed by atoms with van der Waals surface area (Å²) in [5, 5.41) is 11.5. The SMILES string of the molecule is CC(=O)OCC1c2ccccc2-c2ccccc21.COC(=O)c1ccc(CN)nc1.O=C(NCc1ccc(C(=O)O)cn1)OCC1c2ccccc2-c2ccccc21. The molecule has 0 saturated carbocycles. The highest BCUT2D eigenvalue weighted by Gasteiger charge is 2.30. The molecule has 0 atom stereocenters. The molecular weight excluding hydrogens is 737 g/mol. The first-order valence-electron chi connectivity index (χ1n) is 18.5. The van der Waals surface area contributed by atoms with Gasteiger partial charge in [0.25, 0.3) is 0 Å². The molecule has 1 amide bonds. The van der Waals surface area contributed by atoms with Crippen LogP contribution in [0.15, 0.2) is 134 Å². The smallest absolute Gasteiger partial charge is 0.407 e. The Morgan fingerprint density at radius 3 is 1.45 bits per heavy atom. The second-order valence-corrected chi connectivity index (χ2v) is 13.3. The maximum atomic E-state index is 12.1. The highest BCUT2D eigenvalue weighted by atomic mass is 16.5. The number of alkyl carbamates (subject to hydrolysis) is 1. The number of rotatable bonds is 9. The summed E-state index contributed by atoms with van der Waals surface area (Å²) in [4.78, 5) is 52.8. The molecule has 2 heterocycles. The topological polar surface area (TPSA) is 180 Å². The number of methoxy groups -OCH3 is 1. The van der Waals surface area contributed by atoms with Gasteiger partial charge in [-0.25, -0.2) is 14.4 Å². The van der Waals surface area contributed by atoms with Crippen LogP contribution in [0.25, 0.3) is 22.3 Å². The van der Waals surface area contributed by atoms with Gasteiger partial charge >= 0.3 is 24.0 Å². The van der Waals surface area contributed by atoms with E-state index in [9.17, 15) is 19.2 Å². The fourth-order valence-corrected chi connectivity index (χ4v) is 6.89. The quantitative estimate of drug-likeness (QED) is 0.0977. The van der Waals surface area contributed by atoms with Crippen LogP contribution in [-0.2, 0) is 32.1 Å². The third-order valence-corrected chi connectivity index (χ3v) is 9.70. The maximum Gasteiger partial charge on any atom is 0.407 e. The number of aromatic carboxylic acids is 1. The van der Waals surface area contributed by atoms with Crippen molar-refractivity contribution in [3.05, 3.63) is 178 Å². The molecule has 0 aliphatic heterocycles. The van der Waals surface area contributed by atoms with Gasteiger partial charge in [0.15, 0.2) is 0 Å². The number of pyridine rings is 2. The van der Waals surface area contributed by atoms with E-state index in [0.717, 1.165) is 16.8 Å². The Bertz CT molecular complexity index is 2310. The minimum Gasteiger partial charge on any atom is -0.478 e. The van der Waals surface area contributed by atoms with Crippen LogP contribution in [-0.4, -0.2) is 59.4 Å². The fourth-order valence-electron chi connectivity index (χ4n) is 6.89. The summed E-state index contributed by atoms with van der Waals surface area (Å²) < 4.78 is 15.2. The molecule has 2 aliphatic carbocycles. The zero-order chi connectivity index (χ0) is 41.0. The first kappa shape index (κ1) is 40.5. The number of ether oxygens (including phenoxy) is 3. The number of fused-ring (bicyclic) bond motifs is 6. The molecule has 58 heavy (non-hydrogen) atoms. The van der Waals surface area contributed by atoms with Crippen LogP contribution in [0.1, 0.15) is 73.1 Å². The van der Waals surface area contributed by atoms with Crippen molar-refractivity contribution in [2.24, 2.45) is 5.73 Å². The number of esters is 2. The van der Waals surface area contributed by atoms with Crippen molar-refractivity contribution in [3.63, 3.8) is 0 Å². The minimum absolute atomic E-state index is 0.00567. The van der Waals surface area contributed by atoms with E-state index in [1.165, 1.54) is 65.9 Å². The molecule has 12 heteroatoms.